The Labute approximate surface area is 185 Å². The second-order valence-electron chi connectivity index (χ2n) is 7.37. The minimum atomic E-state index is -0.184. The summed E-state index contributed by atoms with van der Waals surface area (Å²) in [7, 11) is 0. The molecule has 1 aliphatic rings. The van der Waals surface area contributed by atoms with Gasteiger partial charge in [-0.25, -0.2) is 0 Å². The molecule has 0 N–H and O–H groups in total. The third-order valence-electron chi connectivity index (χ3n) is 5.34. The fraction of sp³-hybridized carbons (Fsp3) is 0.409. The highest BCUT2D eigenvalue weighted by atomic mass is 32.2. The van der Waals surface area contributed by atoms with Gasteiger partial charge in [-0.05, 0) is 30.9 Å². The van der Waals surface area contributed by atoms with Crippen LogP contribution in [-0.2, 0) is 17.9 Å². The van der Waals surface area contributed by atoms with Crippen LogP contribution in [-0.4, -0.2) is 61.9 Å². The van der Waals surface area contributed by atoms with Gasteiger partial charge in [0.15, 0.2) is 11.0 Å². The van der Waals surface area contributed by atoms with Crippen LogP contribution in [0.1, 0.15) is 19.4 Å². The summed E-state index contributed by atoms with van der Waals surface area (Å²) in [6.45, 7) is 9.15. The predicted octanol–water partition coefficient (Wildman–Crippen LogP) is 3.85. The summed E-state index contributed by atoms with van der Waals surface area (Å²) in [5.41, 5.74) is 1.32. The van der Waals surface area contributed by atoms with E-state index in [0.717, 1.165) is 55.1 Å². The molecule has 1 aliphatic heterocycles. The Morgan fingerprint density at radius 1 is 1.10 bits per heavy atom. The number of thioether (sulfide) groups is 1. The quantitative estimate of drug-likeness (QED) is 0.521. The Morgan fingerprint density at radius 2 is 1.87 bits per heavy atom. The standard InChI is InChI=1S/C22H27N5OS2/c1-3-27-20(19-10-7-15-29-19)23-24-22(27)30-17(2)21(28)26-13-11-25(12-14-26)16-18-8-5-4-6-9-18/h4-10,15,17H,3,11-14,16H2,1-2H3. The van der Waals surface area contributed by atoms with Crippen LogP contribution in [0.2, 0.25) is 0 Å². The smallest absolute Gasteiger partial charge is 0.235 e. The number of hydrogen-bond acceptors (Lipinski definition) is 6. The molecule has 1 fully saturated rings. The van der Waals surface area contributed by atoms with Crippen molar-refractivity contribution < 1.29 is 4.79 Å². The van der Waals surface area contributed by atoms with Gasteiger partial charge >= 0.3 is 0 Å². The number of carbonyl (C=O) groups excluding carboxylic acids is 1. The van der Waals surface area contributed by atoms with Gasteiger partial charge in [0.05, 0.1) is 10.1 Å². The first-order chi connectivity index (χ1) is 14.7. The molecule has 6 nitrogen and oxygen atoms in total. The van der Waals surface area contributed by atoms with Crippen molar-refractivity contribution in [3.05, 3.63) is 53.4 Å². The van der Waals surface area contributed by atoms with Crippen molar-refractivity contribution >= 4 is 29.0 Å². The van der Waals surface area contributed by atoms with Crippen molar-refractivity contribution in [3.63, 3.8) is 0 Å². The number of amides is 1. The first-order valence-corrected chi connectivity index (χ1v) is 12.1. The molecule has 0 spiro atoms. The number of carbonyl (C=O) groups is 1. The summed E-state index contributed by atoms with van der Waals surface area (Å²) in [5.74, 6) is 1.06. The molecule has 0 radical (unpaired) electrons. The molecule has 1 saturated heterocycles. The van der Waals surface area contributed by atoms with Crippen LogP contribution in [0.4, 0.5) is 0 Å². The van der Waals surface area contributed by atoms with Gasteiger partial charge in [-0.1, -0.05) is 48.2 Å². The lowest BCUT2D eigenvalue weighted by molar-refractivity contribution is -0.132. The van der Waals surface area contributed by atoms with Gasteiger partial charge in [0.2, 0.25) is 5.91 Å². The van der Waals surface area contributed by atoms with Gasteiger partial charge in [-0.15, -0.1) is 21.5 Å². The van der Waals surface area contributed by atoms with Crippen molar-refractivity contribution in [3.8, 4) is 10.7 Å². The molecule has 0 saturated carbocycles. The first kappa shape index (κ1) is 21.1. The second kappa shape index (κ2) is 9.76. The van der Waals surface area contributed by atoms with Crippen molar-refractivity contribution in [2.75, 3.05) is 26.2 Å². The van der Waals surface area contributed by atoms with E-state index >= 15 is 0 Å². The molecule has 3 heterocycles. The van der Waals surface area contributed by atoms with E-state index < -0.39 is 0 Å². The molecule has 1 amide bonds. The Kier molecular flexibility index (Phi) is 6.86. The van der Waals surface area contributed by atoms with Crippen LogP contribution in [0, 0.1) is 0 Å². The summed E-state index contributed by atoms with van der Waals surface area (Å²) in [5, 5.41) is 11.4. The average Bonchev–Trinajstić information content (AvgIpc) is 3.44. The van der Waals surface area contributed by atoms with E-state index in [0.29, 0.717) is 0 Å². The molecule has 2 aromatic heterocycles. The Balaban J connectivity index is 1.33. The maximum atomic E-state index is 13.0. The summed E-state index contributed by atoms with van der Waals surface area (Å²) in [6, 6.07) is 14.6. The zero-order chi connectivity index (χ0) is 20.9. The molecule has 1 atom stereocenters. The fourth-order valence-electron chi connectivity index (χ4n) is 3.68. The normalized spacial score (nSPS) is 16.0. The first-order valence-electron chi connectivity index (χ1n) is 10.3. The van der Waals surface area contributed by atoms with Crippen LogP contribution >= 0.6 is 23.1 Å². The highest BCUT2D eigenvalue weighted by Crippen LogP contribution is 2.29. The SMILES string of the molecule is CCn1c(SC(C)C(=O)N2CCN(Cc3ccccc3)CC2)nnc1-c1cccs1. The van der Waals surface area contributed by atoms with Gasteiger partial charge in [-0.3, -0.25) is 9.69 Å². The van der Waals surface area contributed by atoms with E-state index in [4.69, 9.17) is 0 Å². The molecular weight excluding hydrogens is 414 g/mol. The molecule has 0 aliphatic carbocycles. The number of nitrogens with zero attached hydrogens (tertiary/aromatic N) is 5. The Morgan fingerprint density at radius 3 is 2.53 bits per heavy atom. The zero-order valence-electron chi connectivity index (χ0n) is 17.4. The van der Waals surface area contributed by atoms with Gasteiger partial charge < -0.3 is 9.47 Å². The maximum Gasteiger partial charge on any atom is 0.235 e. The van der Waals surface area contributed by atoms with E-state index in [1.54, 1.807) is 11.3 Å². The van der Waals surface area contributed by atoms with Gasteiger partial charge in [0.25, 0.3) is 0 Å². The third kappa shape index (κ3) is 4.77. The zero-order valence-corrected chi connectivity index (χ0v) is 19.0. The van der Waals surface area contributed by atoms with Crippen LogP contribution in [0.15, 0.2) is 53.0 Å². The lowest BCUT2D eigenvalue weighted by Crippen LogP contribution is -2.50. The maximum absolute atomic E-state index is 13.0. The second-order valence-corrected chi connectivity index (χ2v) is 9.63. The van der Waals surface area contributed by atoms with Crippen LogP contribution in [0.5, 0.6) is 0 Å². The monoisotopic (exact) mass is 441 g/mol. The van der Waals surface area contributed by atoms with Crippen molar-refractivity contribution in [2.45, 2.75) is 37.3 Å². The van der Waals surface area contributed by atoms with Gasteiger partial charge in [0, 0.05) is 39.3 Å². The lowest BCUT2D eigenvalue weighted by Gasteiger charge is -2.35. The topological polar surface area (TPSA) is 54.3 Å². The third-order valence-corrected chi connectivity index (χ3v) is 7.27. The molecule has 1 aromatic carbocycles. The number of rotatable bonds is 7. The molecule has 3 aromatic rings. The van der Waals surface area contributed by atoms with Crippen molar-refractivity contribution in [2.24, 2.45) is 0 Å². The lowest BCUT2D eigenvalue weighted by atomic mass is 10.2. The summed E-state index contributed by atoms with van der Waals surface area (Å²) >= 11 is 3.16. The van der Waals surface area contributed by atoms with E-state index in [9.17, 15) is 4.79 Å². The number of thiophene rings is 1. The molecule has 1 unspecified atom stereocenters. The molecule has 30 heavy (non-hydrogen) atoms. The molecular formula is C22H27N5OS2. The fourth-order valence-corrected chi connectivity index (χ4v) is 5.40. The van der Waals surface area contributed by atoms with Gasteiger partial charge in [0.1, 0.15) is 0 Å². The van der Waals surface area contributed by atoms with E-state index in [1.165, 1.54) is 17.3 Å². The molecule has 158 valence electrons. The van der Waals surface area contributed by atoms with Crippen LogP contribution < -0.4 is 0 Å². The van der Waals surface area contributed by atoms with Crippen molar-refractivity contribution in [1.29, 1.82) is 0 Å². The van der Waals surface area contributed by atoms with Crippen molar-refractivity contribution in [1.82, 2.24) is 24.6 Å². The summed E-state index contributed by atoms with van der Waals surface area (Å²) in [4.78, 5) is 18.5. The van der Waals surface area contributed by atoms with Crippen LogP contribution in [0.25, 0.3) is 10.7 Å². The summed E-state index contributed by atoms with van der Waals surface area (Å²) < 4.78 is 2.10. The number of hydrogen-bond donors (Lipinski definition) is 0. The predicted molar refractivity (Wildman–Crippen MR) is 123 cm³/mol. The number of benzene rings is 1. The van der Waals surface area contributed by atoms with Gasteiger partial charge in [-0.2, -0.15) is 0 Å². The molecule has 4 rings (SSSR count). The average molecular weight is 442 g/mol. The molecule has 0 bridgehead atoms. The Hall–Kier alpha value is -2.16. The summed E-state index contributed by atoms with van der Waals surface area (Å²) in [6.07, 6.45) is 0. The Bertz CT molecular complexity index is 949. The number of piperazine rings is 1. The minimum Gasteiger partial charge on any atom is -0.339 e. The highest BCUT2D eigenvalue weighted by molar-refractivity contribution is 8.00. The largest absolute Gasteiger partial charge is 0.339 e. The highest BCUT2D eigenvalue weighted by Gasteiger charge is 2.27. The molecule has 8 heteroatoms. The van der Waals surface area contributed by atoms with E-state index in [-0.39, 0.29) is 11.2 Å². The van der Waals surface area contributed by atoms with E-state index in [2.05, 4.69) is 56.9 Å². The number of aromatic nitrogens is 3. The van der Waals surface area contributed by atoms with Crippen LogP contribution in [0.3, 0.4) is 0 Å². The minimum absolute atomic E-state index is 0.183. The van der Waals surface area contributed by atoms with E-state index in [1.807, 2.05) is 29.3 Å².